The van der Waals surface area contributed by atoms with E-state index in [2.05, 4.69) is 20.9 Å². The summed E-state index contributed by atoms with van der Waals surface area (Å²) in [7, 11) is 1.68. The molecule has 0 saturated heterocycles. The number of amides is 1. The van der Waals surface area contributed by atoms with Crippen LogP contribution in [0.3, 0.4) is 0 Å². The van der Waals surface area contributed by atoms with E-state index in [1.165, 1.54) is 4.90 Å². The summed E-state index contributed by atoms with van der Waals surface area (Å²) < 4.78 is 0.928. The first-order chi connectivity index (χ1) is 11.5. The monoisotopic (exact) mass is 386 g/mol. The molecule has 1 aromatic heterocycles. The van der Waals surface area contributed by atoms with Gasteiger partial charge in [0, 0.05) is 33.7 Å². The van der Waals surface area contributed by atoms with Crippen LogP contribution in [0.1, 0.15) is 16.1 Å². The second-order valence-corrected chi connectivity index (χ2v) is 6.35. The number of rotatable bonds is 4. The number of fused-ring (bicyclic) bond motifs is 1. The van der Waals surface area contributed by atoms with E-state index in [9.17, 15) is 14.7 Å². The molecule has 3 aromatic rings. The van der Waals surface area contributed by atoms with Gasteiger partial charge in [0.05, 0.1) is 6.42 Å². The first kappa shape index (κ1) is 16.3. The average Bonchev–Trinajstić information content (AvgIpc) is 2.94. The fourth-order valence-electron chi connectivity index (χ4n) is 2.64. The number of likely N-dealkylation sites (N-methyl/N-ethyl adjacent to an activating group) is 1. The van der Waals surface area contributed by atoms with Gasteiger partial charge in [-0.25, -0.2) is 4.79 Å². The summed E-state index contributed by atoms with van der Waals surface area (Å²) in [5.74, 6) is -1.25. The molecule has 24 heavy (non-hydrogen) atoms. The molecule has 122 valence electrons. The smallest absolute Gasteiger partial charge is 0.352 e. The number of carboxylic acid groups (broad SMARTS) is 1. The zero-order valence-electron chi connectivity index (χ0n) is 12.9. The Kier molecular flexibility index (Phi) is 4.40. The molecule has 0 atom stereocenters. The highest BCUT2D eigenvalue weighted by Gasteiger charge is 2.21. The highest BCUT2D eigenvalue weighted by molar-refractivity contribution is 9.10. The molecule has 2 aromatic carbocycles. The van der Waals surface area contributed by atoms with Crippen molar-refractivity contribution in [1.82, 2.24) is 4.98 Å². The van der Waals surface area contributed by atoms with Crippen molar-refractivity contribution in [1.29, 1.82) is 0 Å². The summed E-state index contributed by atoms with van der Waals surface area (Å²) in [6, 6.07) is 14.6. The lowest BCUT2D eigenvalue weighted by Crippen LogP contribution is -2.28. The van der Waals surface area contributed by atoms with Crippen LogP contribution in [0.4, 0.5) is 5.69 Å². The lowest BCUT2D eigenvalue weighted by molar-refractivity contribution is -0.117. The molecule has 0 aliphatic heterocycles. The normalized spacial score (nSPS) is 10.8. The summed E-state index contributed by atoms with van der Waals surface area (Å²) >= 11 is 3.36. The summed E-state index contributed by atoms with van der Waals surface area (Å²) in [6.45, 7) is 0. The number of aromatic carboxylic acids is 1. The van der Waals surface area contributed by atoms with Gasteiger partial charge in [-0.15, -0.1) is 0 Å². The molecule has 0 fully saturated rings. The van der Waals surface area contributed by atoms with E-state index in [0.29, 0.717) is 11.1 Å². The predicted octanol–water partition coefficient (Wildman–Crippen LogP) is 3.83. The Morgan fingerprint density at radius 3 is 2.46 bits per heavy atom. The molecule has 0 unspecified atom stereocenters. The zero-order chi connectivity index (χ0) is 17.3. The number of hydrogen-bond acceptors (Lipinski definition) is 2. The second kappa shape index (κ2) is 6.49. The molecule has 2 N–H and O–H groups in total. The van der Waals surface area contributed by atoms with E-state index >= 15 is 0 Å². The predicted molar refractivity (Wildman–Crippen MR) is 96.5 cm³/mol. The van der Waals surface area contributed by atoms with Crippen molar-refractivity contribution < 1.29 is 14.7 Å². The number of aromatic nitrogens is 1. The lowest BCUT2D eigenvalue weighted by atomic mass is 10.1. The van der Waals surface area contributed by atoms with Crippen molar-refractivity contribution in [3.05, 3.63) is 64.3 Å². The van der Waals surface area contributed by atoms with Crippen molar-refractivity contribution in [3.63, 3.8) is 0 Å². The second-order valence-electron chi connectivity index (χ2n) is 5.44. The topological polar surface area (TPSA) is 73.4 Å². The molecule has 6 heteroatoms. The summed E-state index contributed by atoms with van der Waals surface area (Å²) in [4.78, 5) is 28.5. The number of carboxylic acids is 1. The first-order valence-electron chi connectivity index (χ1n) is 7.32. The third-order valence-corrected chi connectivity index (χ3v) is 4.47. The van der Waals surface area contributed by atoms with Gasteiger partial charge in [0.2, 0.25) is 5.91 Å². The summed E-state index contributed by atoms with van der Waals surface area (Å²) in [5, 5.41) is 10.2. The Bertz CT molecular complexity index is 916. The molecule has 1 heterocycles. The van der Waals surface area contributed by atoms with Crippen LogP contribution in [-0.4, -0.2) is 29.0 Å². The number of anilines is 1. The average molecular weight is 387 g/mol. The Labute approximate surface area is 147 Å². The minimum atomic E-state index is -1.07. The molecule has 0 radical (unpaired) electrons. The molecular formula is C18H15BrN2O3. The standard InChI is InChI=1S/C18H15BrN2O3/c1-21(12-8-6-11(19)7-9-12)16(22)10-14-13-4-2-3-5-15(13)20-17(14)18(23)24/h2-9,20H,10H2,1H3,(H,23,24). The third-order valence-electron chi connectivity index (χ3n) is 3.94. The number of halogens is 1. The number of H-pyrrole nitrogens is 1. The number of nitrogens with one attached hydrogen (secondary N) is 1. The Morgan fingerprint density at radius 2 is 1.79 bits per heavy atom. The van der Waals surface area contributed by atoms with Gasteiger partial charge in [-0.05, 0) is 30.3 Å². The highest BCUT2D eigenvalue weighted by Crippen LogP contribution is 2.25. The van der Waals surface area contributed by atoms with Crippen LogP contribution < -0.4 is 4.90 Å². The highest BCUT2D eigenvalue weighted by atomic mass is 79.9. The van der Waals surface area contributed by atoms with E-state index in [4.69, 9.17) is 0 Å². The molecule has 3 rings (SSSR count). The van der Waals surface area contributed by atoms with Crippen molar-refractivity contribution >= 4 is 44.4 Å². The van der Waals surface area contributed by atoms with Crippen LogP contribution in [0.15, 0.2) is 53.0 Å². The van der Waals surface area contributed by atoms with Crippen LogP contribution in [0, 0.1) is 0 Å². The quantitative estimate of drug-likeness (QED) is 0.715. The zero-order valence-corrected chi connectivity index (χ0v) is 14.5. The van der Waals surface area contributed by atoms with E-state index in [0.717, 1.165) is 15.5 Å². The van der Waals surface area contributed by atoms with Gasteiger partial charge in [-0.3, -0.25) is 4.79 Å². The maximum Gasteiger partial charge on any atom is 0.352 e. The molecular weight excluding hydrogens is 372 g/mol. The van der Waals surface area contributed by atoms with E-state index in [1.807, 2.05) is 42.5 Å². The van der Waals surface area contributed by atoms with Gasteiger partial charge in [-0.2, -0.15) is 0 Å². The van der Waals surface area contributed by atoms with Crippen LogP contribution in [0.25, 0.3) is 10.9 Å². The fourth-order valence-corrected chi connectivity index (χ4v) is 2.91. The third kappa shape index (κ3) is 3.05. The van der Waals surface area contributed by atoms with Gasteiger partial charge in [0.1, 0.15) is 5.69 Å². The maximum absolute atomic E-state index is 12.6. The van der Waals surface area contributed by atoms with Gasteiger partial charge in [0.25, 0.3) is 0 Å². The molecule has 0 aliphatic rings. The maximum atomic E-state index is 12.6. The van der Waals surface area contributed by atoms with E-state index < -0.39 is 5.97 Å². The first-order valence-corrected chi connectivity index (χ1v) is 8.11. The van der Waals surface area contributed by atoms with Crippen molar-refractivity contribution in [2.45, 2.75) is 6.42 Å². The number of para-hydroxylation sites is 1. The molecule has 0 aliphatic carbocycles. The number of hydrogen-bond donors (Lipinski definition) is 2. The molecule has 0 bridgehead atoms. The molecule has 1 amide bonds. The summed E-state index contributed by atoms with van der Waals surface area (Å²) in [5.41, 5.74) is 2.03. The summed E-state index contributed by atoms with van der Waals surface area (Å²) in [6.07, 6.45) is 0.0121. The van der Waals surface area contributed by atoms with Crippen LogP contribution in [0.2, 0.25) is 0 Å². The molecule has 5 nitrogen and oxygen atoms in total. The number of carbonyl (C=O) groups excluding carboxylic acids is 1. The lowest BCUT2D eigenvalue weighted by Gasteiger charge is -2.17. The SMILES string of the molecule is CN(C(=O)Cc1c(C(=O)O)[nH]c2ccccc12)c1ccc(Br)cc1. The molecule has 0 saturated carbocycles. The fraction of sp³-hybridized carbons (Fsp3) is 0.111. The number of nitrogens with zero attached hydrogens (tertiary/aromatic N) is 1. The Hall–Kier alpha value is -2.60. The van der Waals surface area contributed by atoms with Crippen molar-refractivity contribution in [3.8, 4) is 0 Å². The van der Waals surface area contributed by atoms with Gasteiger partial charge < -0.3 is 15.0 Å². The van der Waals surface area contributed by atoms with Gasteiger partial charge >= 0.3 is 5.97 Å². The van der Waals surface area contributed by atoms with E-state index in [-0.39, 0.29) is 18.0 Å². The molecule has 0 spiro atoms. The van der Waals surface area contributed by atoms with Crippen LogP contribution >= 0.6 is 15.9 Å². The number of benzene rings is 2. The Balaban J connectivity index is 1.94. The Morgan fingerprint density at radius 1 is 1.12 bits per heavy atom. The van der Waals surface area contributed by atoms with Crippen molar-refractivity contribution in [2.75, 3.05) is 11.9 Å². The van der Waals surface area contributed by atoms with Crippen LogP contribution in [-0.2, 0) is 11.2 Å². The van der Waals surface area contributed by atoms with Gasteiger partial charge in [-0.1, -0.05) is 34.1 Å². The number of aromatic amines is 1. The minimum absolute atomic E-state index is 0.0121. The van der Waals surface area contributed by atoms with Crippen molar-refractivity contribution in [2.24, 2.45) is 0 Å². The largest absolute Gasteiger partial charge is 0.477 e. The van der Waals surface area contributed by atoms with Crippen LogP contribution in [0.5, 0.6) is 0 Å². The number of carbonyl (C=O) groups is 2. The van der Waals surface area contributed by atoms with Gasteiger partial charge in [0.15, 0.2) is 0 Å². The van der Waals surface area contributed by atoms with E-state index in [1.54, 1.807) is 13.1 Å². The minimum Gasteiger partial charge on any atom is -0.477 e.